The molecule has 0 bridgehead atoms. The first-order chi connectivity index (χ1) is 18.3. The lowest BCUT2D eigenvalue weighted by Crippen LogP contribution is -2.46. The number of likely N-dealkylation sites (tertiary alicyclic amines) is 2. The number of imidazole rings is 1. The smallest absolute Gasteiger partial charge is 0.378 e. The lowest BCUT2D eigenvalue weighted by atomic mass is 10.0. The van der Waals surface area contributed by atoms with Crippen molar-refractivity contribution in [2.75, 3.05) is 57.4 Å². The third-order valence-electron chi connectivity index (χ3n) is 8.49. The molecular formula is C28H36F3N5O2. The van der Waals surface area contributed by atoms with E-state index in [-0.39, 0.29) is 11.9 Å². The number of anilines is 1. The van der Waals surface area contributed by atoms with Gasteiger partial charge in [0.05, 0.1) is 24.5 Å². The topological polar surface area (TPSA) is 53.8 Å². The van der Waals surface area contributed by atoms with Gasteiger partial charge in [-0.2, -0.15) is 13.2 Å². The molecule has 10 heteroatoms. The Kier molecular flexibility index (Phi) is 6.88. The third-order valence-corrected chi connectivity index (χ3v) is 8.49. The molecule has 1 saturated carbocycles. The number of halogens is 3. The number of ether oxygens (including phenoxy) is 1. The van der Waals surface area contributed by atoms with Crippen LogP contribution in [0.1, 0.15) is 66.3 Å². The highest BCUT2D eigenvalue weighted by Crippen LogP contribution is 2.43. The number of hydrogen-bond donors (Lipinski definition) is 0. The Balaban J connectivity index is 1.33. The number of aryl methyl sites for hydroxylation is 1. The first-order valence-corrected chi connectivity index (χ1v) is 14.0. The SMILES string of the molecule is Cc1nc(-c2cc(N3CCOCC3)cc(C(F)(F)F)c2)n(C2CC2)c1C(=O)N1CCC(N2CCCC2)CC1. The Bertz CT molecular complexity index is 1170. The predicted molar refractivity (Wildman–Crippen MR) is 138 cm³/mol. The Morgan fingerprint density at radius 1 is 0.921 bits per heavy atom. The van der Waals surface area contributed by atoms with Crippen molar-refractivity contribution < 1.29 is 22.7 Å². The largest absolute Gasteiger partial charge is 0.416 e. The van der Waals surface area contributed by atoms with E-state index in [0.29, 0.717) is 73.9 Å². The minimum absolute atomic E-state index is 0.0478. The summed E-state index contributed by atoms with van der Waals surface area (Å²) in [6.07, 6.45) is 1.75. The summed E-state index contributed by atoms with van der Waals surface area (Å²) in [5.41, 5.74) is 1.34. The van der Waals surface area contributed by atoms with Crippen molar-refractivity contribution in [1.29, 1.82) is 0 Å². The number of benzene rings is 1. The monoisotopic (exact) mass is 531 g/mol. The average molecular weight is 532 g/mol. The number of carbonyl (C=O) groups excluding carboxylic acids is 1. The van der Waals surface area contributed by atoms with Gasteiger partial charge in [-0.15, -0.1) is 0 Å². The van der Waals surface area contributed by atoms with E-state index in [2.05, 4.69) is 4.90 Å². The molecule has 0 spiro atoms. The second-order valence-corrected chi connectivity index (χ2v) is 11.1. The zero-order chi connectivity index (χ0) is 26.4. The molecule has 6 rings (SSSR count). The molecule has 1 amide bonds. The van der Waals surface area contributed by atoms with Crippen molar-refractivity contribution in [3.8, 4) is 11.4 Å². The summed E-state index contributed by atoms with van der Waals surface area (Å²) in [7, 11) is 0. The van der Waals surface area contributed by atoms with E-state index in [4.69, 9.17) is 9.72 Å². The number of morpholine rings is 1. The van der Waals surface area contributed by atoms with Crippen LogP contribution >= 0.6 is 0 Å². The number of aromatic nitrogens is 2. The zero-order valence-corrected chi connectivity index (χ0v) is 22.0. The minimum atomic E-state index is -4.48. The molecule has 0 atom stereocenters. The zero-order valence-electron chi connectivity index (χ0n) is 22.0. The Labute approximate surface area is 221 Å². The molecule has 3 aliphatic heterocycles. The molecule has 2 aromatic rings. The van der Waals surface area contributed by atoms with Crippen LogP contribution in [0.15, 0.2) is 18.2 Å². The van der Waals surface area contributed by atoms with Crippen LogP contribution in [0, 0.1) is 6.92 Å². The van der Waals surface area contributed by atoms with Gasteiger partial charge in [-0.3, -0.25) is 4.79 Å². The van der Waals surface area contributed by atoms with Gasteiger partial charge in [0.2, 0.25) is 0 Å². The molecule has 0 radical (unpaired) electrons. The van der Waals surface area contributed by atoms with Crippen molar-refractivity contribution in [2.45, 2.75) is 63.7 Å². The minimum Gasteiger partial charge on any atom is -0.378 e. The molecule has 1 aliphatic carbocycles. The van der Waals surface area contributed by atoms with Crippen molar-refractivity contribution in [3.63, 3.8) is 0 Å². The standard InChI is InChI=1S/C28H36F3N5O2/c1-19-25(27(37)35-10-6-22(7-11-35)33-8-2-3-9-33)36(23-4-5-23)26(32-19)20-16-21(28(29,30)31)18-24(17-20)34-12-14-38-15-13-34/h16-18,22-23H,2-15H2,1H3. The highest BCUT2D eigenvalue weighted by atomic mass is 19.4. The highest BCUT2D eigenvalue weighted by Gasteiger charge is 2.37. The molecule has 1 aromatic heterocycles. The normalized spacial score (nSPS) is 21.9. The summed E-state index contributed by atoms with van der Waals surface area (Å²) in [5, 5.41) is 0. The average Bonchev–Trinajstić information content (AvgIpc) is 3.49. The Morgan fingerprint density at radius 2 is 1.61 bits per heavy atom. The van der Waals surface area contributed by atoms with E-state index in [0.717, 1.165) is 38.8 Å². The maximum absolute atomic E-state index is 14.0. The summed E-state index contributed by atoms with van der Waals surface area (Å²) in [6, 6.07) is 4.81. The number of amides is 1. The molecule has 38 heavy (non-hydrogen) atoms. The first-order valence-electron chi connectivity index (χ1n) is 14.0. The van der Waals surface area contributed by atoms with Crippen LogP contribution < -0.4 is 4.90 Å². The second kappa shape index (κ2) is 10.2. The van der Waals surface area contributed by atoms with Gasteiger partial charge >= 0.3 is 6.18 Å². The maximum Gasteiger partial charge on any atom is 0.416 e. The van der Waals surface area contributed by atoms with Gasteiger partial charge in [-0.25, -0.2) is 4.98 Å². The number of hydrogen-bond acceptors (Lipinski definition) is 5. The molecule has 206 valence electrons. The summed E-state index contributed by atoms with van der Waals surface area (Å²) in [5.74, 6) is 0.411. The van der Waals surface area contributed by atoms with Gasteiger partial charge in [0, 0.05) is 49.5 Å². The Hall–Kier alpha value is -2.59. The van der Waals surface area contributed by atoms with Crippen LogP contribution in [-0.2, 0) is 10.9 Å². The van der Waals surface area contributed by atoms with Crippen molar-refractivity contribution >= 4 is 11.6 Å². The van der Waals surface area contributed by atoms with E-state index in [1.807, 2.05) is 21.3 Å². The van der Waals surface area contributed by atoms with Gasteiger partial charge < -0.3 is 24.0 Å². The molecule has 7 nitrogen and oxygen atoms in total. The van der Waals surface area contributed by atoms with Crippen molar-refractivity contribution in [1.82, 2.24) is 19.4 Å². The van der Waals surface area contributed by atoms with Crippen molar-refractivity contribution in [2.24, 2.45) is 0 Å². The van der Waals surface area contributed by atoms with Crippen LogP contribution in [0.2, 0.25) is 0 Å². The third kappa shape index (κ3) is 5.04. The molecule has 3 saturated heterocycles. The van der Waals surface area contributed by atoms with Crippen LogP contribution in [0.4, 0.5) is 18.9 Å². The van der Waals surface area contributed by atoms with Crippen LogP contribution in [0.5, 0.6) is 0 Å². The number of alkyl halides is 3. The Morgan fingerprint density at radius 3 is 2.24 bits per heavy atom. The molecule has 4 fully saturated rings. The molecule has 4 heterocycles. The quantitative estimate of drug-likeness (QED) is 0.558. The fourth-order valence-electron chi connectivity index (χ4n) is 6.29. The maximum atomic E-state index is 14.0. The molecule has 4 aliphatic rings. The number of carbonyl (C=O) groups is 1. The lowest BCUT2D eigenvalue weighted by molar-refractivity contribution is -0.137. The van der Waals surface area contributed by atoms with Crippen LogP contribution in [0.3, 0.4) is 0 Å². The summed E-state index contributed by atoms with van der Waals surface area (Å²) < 4.78 is 49.2. The first kappa shape index (κ1) is 25.7. The van der Waals surface area contributed by atoms with Gasteiger partial charge in [0.25, 0.3) is 5.91 Å². The lowest BCUT2D eigenvalue weighted by Gasteiger charge is -2.36. The summed E-state index contributed by atoms with van der Waals surface area (Å²) in [4.78, 5) is 25.0. The van der Waals surface area contributed by atoms with E-state index in [1.165, 1.54) is 25.0 Å². The fraction of sp³-hybridized carbons (Fsp3) is 0.643. The van der Waals surface area contributed by atoms with Gasteiger partial charge in [0.15, 0.2) is 0 Å². The van der Waals surface area contributed by atoms with Gasteiger partial charge in [-0.05, 0) is 76.7 Å². The fourth-order valence-corrected chi connectivity index (χ4v) is 6.29. The number of rotatable bonds is 5. The van der Waals surface area contributed by atoms with Crippen LogP contribution in [0.25, 0.3) is 11.4 Å². The molecule has 0 N–H and O–H groups in total. The number of nitrogens with zero attached hydrogens (tertiary/aromatic N) is 5. The predicted octanol–water partition coefficient (Wildman–Crippen LogP) is 4.75. The highest BCUT2D eigenvalue weighted by molar-refractivity contribution is 5.95. The van der Waals surface area contributed by atoms with E-state index < -0.39 is 11.7 Å². The van der Waals surface area contributed by atoms with E-state index in [1.54, 1.807) is 6.07 Å². The number of piperidine rings is 1. The molecular weight excluding hydrogens is 495 g/mol. The van der Waals surface area contributed by atoms with Gasteiger partial charge in [0.1, 0.15) is 11.5 Å². The summed E-state index contributed by atoms with van der Waals surface area (Å²) >= 11 is 0. The van der Waals surface area contributed by atoms with Crippen LogP contribution in [-0.4, -0.2) is 83.8 Å². The second-order valence-electron chi connectivity index (χ2n) is 11.1. The van der Waals surface area contributed by atoms with E-state index in [9.17, 15) is 18.0 Å². The molecule has 0 unspecified atom stereocenters. The van der Waals surface area contributed by atoms with Crippen molar-refractivity contribution in [3.05, 3.63) is 35.2 Å². The molecule has 1 aromatic carbocycles. The summed E-state index contributed by atoms with van der Waals surface area (Å²) in [6.45, 7) is 7.55. The van der Waals surface area contributed by atoms with E-state index >= 15 is 0 Å². The van der Waals surface area contributed by atoms with Gasteiger partial charge in [-0.1, -0.05) is 0 Å².